The molecule has 0 saturated carbocycles. The van der Waals surface area contributed by atoms with Gasteiger partial charge in [-0.15, -0.1) is 11.8 Å². The fourth-order valence-corrected chi connectivity index (χ4v) is 2.56. The molecule has 0 heterocycles. The number of esters is 1. The van der Waals surface area contributed by atoms with Crippen molar-refractivity contribution in [3.63, 3.8) is 0 Å². The fraction of sp³-hybridized carbons (Fsp3) is 0.385. The maximum Gasteiger partial charge on any atom is 0.452 e. The van der Waals surface area contributed by atoms with Gasteiger partial charge in [0.1, 0.15) is 17.5 Å². The minimum absolute atomic E-state index is 0.0152. The van der Waals surface area contributed by atoms with Crippen molar-refractivity contribution in [3.05, 3.63) is 23.0 Å². The van der Waals surface area contributed by atoms with E-state index < -0.39 is 41.2 Å². The summed E-state index contributed by atoms with van der Waals surface area (Å²) in [6, 6.07) is 2.00. The number of alkyl halides is 3. The van der Waals surface area contributed by atoms with Crippen LogP contribution in [0.15, 0.2) is 27.3 Å². The zero-order chi connectivity index (χ0) is 18.5. The van der Waals surface area contributed by atoms with Crippen LogP contribution in [-0.2, 0) is 14.3 Å². The SMILES string of the molecule is COC(=O)C(C)Sc1cc(N=NCC(=O)C(F)(F)F)c(F)cc1Cl. The summed E-state index contributed by atoms with van der Waals surface area (Å²) in [6.07, 6.45) is -5.03. The number of benzene rings is 1. The number of hydrogen-bond donors (Lipinski definition) is 0. The van der Waals surface area contributed by atoms with E-state index >= 15 is 0 Å². The van der Waals surface area contributed by atoms with E-state index in [1.165, 1.54) is 14.0 Å². The molecule has 0 aromatic heterocycles. The molecule has 1 aromatic rings. The molecule has 11 heteroatoms. The average Bonchev–Trinajstić information content (AvgIpc) is 2.49. The molecule has 132 valence electrons. The summed E-state index contributed by atoms with van der Waals surface area (Å²) in [5.41, 5.74) is -0.408. The van der Waals surface area contributed by atoms with Crippen LogP contribution in [0.2, 0.25) is 5.02 Å². The monoisotopic (exact) mass is 386 g/mol. The predicted molar refractivity (Wildman–Crippen MR) is 79.2 cm³/mol. The quantitative estimate of drug-likeness (QED) is 0.315. The van der Waals surface area contributed by atoms with Crippen molar-refractivity contribution >= 4 is 40.8 Å². The first-order valence-electron chi connectivity index (χ1n) is 6.27. The van der Waals surface area contributed by atoms with Gasteiger partial charge in [0.15, 0.2) is 5.82 Å². The van der Waals surface area contributed by atoms with E-state index in [0.29, 0.717) is 0 Å². The molecule has 0 fully saturated rings. The molecule has 1 atom stereocenters. The van der Waals surface area contributed by atoms with Gasteiger partial charge >= 0.3 is 12.1 Å². The molecule has 0 aliphatic rings. The molecule has 0 spiro atoms. The lowest BCUT2D eigenvalue weighted by Gasteiger charge is -2.10. The number of halogens is 5. The maximum atomic E-state index is 13.7. The number of carbonyl (C=O) groups excluding carboxylic acids is 2. The Morgan fingerprint density at radius 3 is 2.54 bits per heavy atom. The van der Waals surface area contributed by atoms with Crippen LogP contribution in [0.4, 0.5) is 23.2 Å². The standard InChI is InChI=1S/C13H11ClF4N2O3S/c1-6(12(22)23-2)24-10-4-9(8(15)3-7(10)14)20-19-5-11(21)13(16,17)18/h3-4,6H,5H2,1-2H3. The Bertz CT molecular complexity index is 667. The van der Waals surface area contributed by atoms with E-state index in [2.05, 4.69) is 15.0 Å². The first kappa shape index (κ1) is 20.4. The second-order valence-electron chi connectivity index (χ2n) is 4.34. The lowest BCUT2D eigenvalue weighted by Crippen LogP contribution is -2.24. The largest absolute Gasteiger partial charge is 0.468 e. The molecule has 0 bridgehead atoms. The Hall–Kier alpha value is -1.68. The molecule has 0 N–H and O–H groups in total. The summed E-state index contributed by atoms with van der Waals surface area (Å²) < 4.78 is 54.3. The van der Waals surface area contributed by atoms with Crippen molar-refractivity contribution in [2.75, 3.05) is 13.7 Å². The Morgan fingerprint density at radius 2 is 2.00 bits per heavy atom. The highest BCUT2D eigenvalue weighted by Gasteiger charge is 2.37. The Labute approximate surface area is 143 Å². The van der Waals surface area contributed by atoms with Gasteiger partial charge in [0, 0.05) is 4.90 Å². The van der Waals surface area contributed by atoms with Gasteiger partial charge in [-0.3, -0.25) is 9.59 Å². The predicted octanol–water partition coefficient (Wildman–Crippen LogP) is 4.35. The summed E-state index contributed by atoms with van der Waals surface area (Å²) in [6.45, 7) is 0.270. The van der Waals surface area contributed by atoms with Crippen molar-refractivity contribution in [2.24, 2.45) is 10.2 Å². The average molecular weight is 387 g/mol. The summed E-state index contributed by atoms with van der Waals surface area (Å²) in [7, 11) is 1.20. The van der Waals surface area contributed by atoms with E-state index in [4.69, 9.17) is 11.6 Å². The van der Waals surface area contributed by atoms with Crippen molar-refractivity contribution in [1.82, 2.24) is 0 Å². The molecule has 1 aromatic carbocycles. The number of rotatable bonds is 6. The number of thioether (sulfide) groups is 1. The van der Waals surface area contributed by atoms with Crippen molar-refractivity contribution in [2.45, 2.75) is 23.2 Å². The van der Waals surface area contributed by atoms with Gasteiger partial charge in [0.05, 0.1) is 12.1 Å². The molecule has 0 saturated heterocycles. The minimum atomic E-state index is -5.03. The molecule has 24 heavy (non-hydrogen) atoms. The van der Waals surface area contributed by atoms with E-state index in [9.17, 15) is 27.2 Å². The Kier molecular flexibility index (Phi) is 7.15. The van der Waals surface area contributed by atoms with Gasteiger partial charge in [0.2, 0.25) is 0 Å². The highest BCUT2D eigenvalue weighted by molar-refractivity contribution is 8.00. The van der Waals surface area contributed by atoms with Crippen LogP contribution in [0.3, 0.4) is 0 Å². The third kappa shape index (κ3) is 5.75. The van der Waals surface area contributed by atoms with Crippen LogP contribution in [0.25, 0.3) is 0 Å². The first-order chi connectivity index (χ1) is 11.1. The number of carbonyl (C=O) groups is 2. The number of azo groups is 1. The van der Waals surface area contributed by atoms with Crippen LogP contribution in [0, 0.1) is 5.82 Å². The zero-order valence-corrected chi connectivity index (χ0v) is 13.9. The van der Waals surface area contributed by atoms with E-state index in [0.717, 1.165) is 23.9 Å². The topological polar surface area (TPSA) is 68.1 Å². The van der Waals surface area contributed by atoms with Crippen LogP contribution in [-0.4, -0.2) is 36.8 Å². The van der Waals surface area contributed by atoms with E-state index in [-0.39, 0.29) is 9.92 Å². The van der Waals surface area contributed by atoms with Crippen LogP contribution >= 0.6 is 23.4 Å². The number of ether oxygens (including phenoxy) is 1. The summed E-state index contributed by atoms with van der Waals surface area (Å²) >= 11 is 6.80. The molecule has 1 rings (SSSR count). The number of ketones is 1. The third-order valence-electron chi connectivity index (χ3n) is 2.55. The zero-order valence-electron chi connectivity index (χ0n) is 12.4. The van der Waals surface area contributed by atoms with Crippen molar-refractivity contribution in [1.29, 1.82) is 0 Å². The molecule has 0 aliphatic heterocycles. The van der Waals surface area contributed by atoms with Crippen molar-refractivity contribution < 1.29 is 31.9 Å². The van der Waals surface area contributed by atoms with Crippen LogP contribution in [0.5, 0.6) is 0 Å². The van der Waals surface area contributed by atoms with E-state index in [1.807, 2.05) is 0 Å². The first-order valence-corrected chi connectivity index (χ1v) is 7.53. The Balaban J connectivity index is 2.95. The lowest BCUT2D eigenvalue weighted by atomic mass is 10.3. The van der Waals surface area contributed by atoms with Gasteiger partial charge in [-0.05, 0) is 19.1 Å². The summed E-state index contributed by atoms with van der Waals surface area (Å²) in [4.78, 5) is 22.3. The highest BCUT2D eigenvalue weighted by atomic mass is 35.5. The number of hydrogen-bond acceptors (Lipinski definition) is 6. The van der Waals surface area contributed by atoms with Crippen LogP contribution in [0.1, 0.15) is 6.92 Å². The molecule has 0 aliphatic carbocycles. The van der Waals surface area contributed by atoms with Crippen molar-refractivity contribution in [3.8, 4) is 0 Å². The third-order valence-corrected chi connectivity index (χ3v) is 4.11. The normalized spacial score (nSPS) is 13.1. The van der Waals surface area contributed by atoms with Gasteiger partial charge < -0.3 is 4.74 Å². The minimum Gasteiger partial charge on any atom is -0.468 e. The fourth-order valence-electron chi connectivity index (χ4n) is 1.36. The maximum absolute atomic E-state index is 13.7. The number of methoxy groups -OCH3 is 1. The van der Waals surface area contributed by atoms with Gasteiger partial charge in [0.25, 0.3) is 5.78 Å². The molecule has 0 radical (unpaired) electrons. The molecule has 5 nitrogen and oxygen atoms in total. The second-order valence-corrected chi connectivity index (χ2v) is 6.13. The Morgan fingerprint density at radius 1 is 1.38 bits per heavy atom. The number of nitrogens with zero attached hydrogens (tertiary/aromatic N) is 2. The summed E-state index contributed by atoms with van der Waals surface area (Å²) in [5.74, 6) is -3.58. The lowest BCUT2D eigenvalue weighted by molar-refractivity contribution is -0.169. The number of Topliss-reactive ketones (excluding diaryl/α,β-unsaturated/α-hetero) is 1. The molecular weight excluding hydrogens is 376 g/mol. The second kappa shape index (κ2) is 8.43. The van der Waals surface area contributed by atoms with E-state index in [1.54, 1.807) is 0 Å². The summed E-state index contributed by atoms with van der Waals surface area (Å²) in [5, 5.41) is 5.64. The molecule has 1 unspecified atom stereocenters. The van der Waals surface area contributed by atoms with Gasteiger partial charge in [-0.2, -0.15) is 23.4 Å². The van der Waals surface area contributed by atoms with Crippen LogP contribution < -0.4 is 0 Å². The molecule has 0 amide bonds. The highest BCUT2D eigenvalue weighted by Crippen LogP contribution is 2.35. The molecular formula is C13H11ClF4N2O3S. The van der Waals surface area contributed by atoms with Gasteiger partial charge in [-0.1, -0.05) is 11.6 Å². The van der Waals surface area contributed by atoms with Gasteiger partial charge in [-0.25, -0.2) is 4.39 Å². The smallest absolute Gasteiger partial charge is 0.452 e.